The van der Waals surface area contributed by atoms with Crippen molar-refractivity contribution in [2.75, 3.05) is 19.0 Å². The third-order valence-corrected chi connectivity index (χ3v) is 3.46. The number of hydrogen-bond donors (Lipinski definition) is 2. The van der Waals surface area contributed by atoms with E-state index in [0.29, 0.717) is 11.3 Å². The van der Waals surface area contributed by atoms with Crippen LogP contribution < -0.4 is 10.6 Å². The van der Waals surface area contributed by atoms with E-state index in [0.717, 1.165) is 5.56 Å². The van der Waals surface area contributed by atoms with Gasteiger partial charge in [-0.3, -0.25) is 4.79 Å². The Hall–Kier alpha value is -2.66. The van der Waals surface area contributed by atoms with Gasteiger partial charge in [0.05, 0.1) is 19.2 Å². The van der Waals surface area contributed by atoms with Crippen molar-refractivity contribution in [3.63, 3.8) is 0 Å². The van der Waals surface area contributed by atoms with Crippen molar-refractivity contribution in [3.8, 4) is 0 Å². The van der Waals surface area contributed by atoms with E-state index in [-0.39, 0.29) is 18.5 Å². The summed E-state index contributed by atoms with van der Waals surface area (Å²) in [5.74, 6) is -0.542. The first kappa shape index (κ1) is 16.7. The van der Waals surface area contributed by atoms with Crippen LogP contribution in [0.2, 0.25) is 0 Å². The Balaban J connectivity index is 1.84. The summed E-state index contributed by atoms with van der Waals surface area (Å²) in [6, 6.07) is 16.6. The Morgan fingerprint density at radius 3 is 2.30 bits per heavy atom. The first-order valence-electron chi connectivity index (χ1n) is 7.36. The van der Waals surface area contributed by atoms with E-state index in [1.54, 1.807) is 24.3 Å². The molecule has 2 aromatic carbocycles. The molecule has 0 bridgehead atoms. The molecule has 1 amide bonds. The summed E-state index contributed by atoms with van der Waals surface area (Å²) in [5, 5.41) is 5.95. The van der Waals surface area contributed by atoms with Crippen LogP contribution in [-0.4, -0.2) is 25.5 Å². The fraction of sp³-hybridized carbons (Fsp3) is 0.222. The van der Waals surface area contributed by atoms with Crippen LogP contribution in [0.15, 0.2) is 54.6 Å². The van der Waals surface area contributed by atoms with Gasteiger partial charge < -0.3 is 15.4 Å². The molecule has 0 fully saturated rings. The van der Waals surface area contributed by atoms with Crippen LogP contribution in [0.5, 0.6) is 0 Å². The number of hydrogen-bond acceptors (Lipinski definition) is 4. The maximum atomic E-state index is 12.0. The van der Waals surface area contributed by atoms with Crippen LogP contribution in [0.1, 0.15) is 28.9 Å². The molecular formula is C18H20N2O3. The number of anilines is 1. The van der Waals surface area contributed by atoms with Gasteiger partial charge in [0.1, 0.15) is 0 Å². The molecule has 120 valence electrons. The summed E-state index contributed by atoms with van der Waals surface area (Å²) < 4.78 is 4.63. The molecule has 2 aromatic rings. The predicted octanol–water partition coefficient (Wildman–Crippen LogP) is 2.76. The summed E-state index contributed by atoms with van der Waals surface area (Å²) in [5.41, 5.74) is 2.21. The number of amides is 1. The lowest BCUT2D eigenvalue weighted by Crippen LogP contribution is -2.30. The van der Waals surface area contributed by atoms with Crippen LogP contribution in [0.4, 0.5) is 5.69 Å². The molecule has 5 nitrogen and oxygen atoms in total. The first-order valence-corrected chi connectivity index (χ1v) is 7.36. The second-order valence-corrected chi connectivity index (χ2v) is 5.13. The molecule has 0 spiro atoms. The lowest BCUT2D eigenvalue weighted by Gasteiger charge is -2.14. The Kier molecular flexibility index (Phi) is 5.88. The molecule has 2 rings (SSSR count). The lowest BCUT2D eigenvalue weighted by atomic mass is 10.1. The van der Waals surface area contributed by atoms with Gasteiger partial charge in [0, 0.05) is 11.7 Å². The number of ether oxygens (including phenoxy) is 1. The fourth-order valence-corrected chi connectivity index (χ4v) is 2.12. The fourth-order valence-electron chi connectivity index (χ4n) is 2.12. The number of esters is 1. The molecule has 0 radical (unpaired) electrons. The minimum atomic E-state index is -0.402. The lowest BCUT2D eigenvalue weighted by molar-refractivity contribution is -0.115. The standard InChI is InChI=1S/C18H20N2O3/c1-13(14-6-4-3-5-7-14)19-12-17(21)20-16-10-8-15(9-11-16)18(22)23-2/h3-11,13,19H,12H2,1-2H3,(H,20,21)/t13-/m1/s1. The SMILES string of the molecule is COC(=O)c1ccc(NC(=O)CN[C@H](C)c2ccccc2)cc1. The third-order valence-electron chi connectivity index (χ3n) is 3.46. The molecule has 23 heavy (non-hydrogen) atoms. The van der Waals surface area contributed by atoms with Gasteiger partial charge in [0.25, 0.3) is 0 Å². The van der Waals surface area contributed by atoms with Gasteiger partial charge in [-0.25, -0.2) is 4.79 Å². The molecule has 0 saturated carbocycles. The average Bonchev–Trinajstić information content (AvgIpc) is 2.60. The Labute approximate surface area is 135 Å². The van der Waals surface area contributed by atoms with Crippen LogP contribution in [0, 0.1) is 0 Å². The summed E-state index contributed by atoms with van der Waals surface area (Å²) in [6.07, 6.45) is 0. The average molecular weight is 312 g/mol. The van der Waals surface area contributed by atoms with E-state index in [1.165, 1.54) is 7.11 Å². The van der Waals surface area contributed by atoms with E-state index in [2.05, 4.69) is 15.4 Å². The molecular weight excluding hydrogens is 292 g/mol. The number of methoxy groups -OCH3 is 1. The van der Waals surface area contributed by atoms with Gasteiger partial charge >= 0.3 is 5.97 Å². The normalized spacial score (nSPS) is 11.6. The van der Waals surface area contributed by atoms with Crippen molar-refractivity contribution in [2.45, 2.75) is 13.0 Å². The highest BCUT2D eigenvalue weighted by Gasteiger charge is 2.08. The molecule has 0 unspecified atom stereocenters. The zero-order valence-corrected chi connectivity index (χ0v) is 13.2. The van der Waals surface area contributed by atoms with E-state index in [4.69, 9.17) is 0 Å². The zero-order valence-electron chi connectivity index (χ0n) is 13.2. The number of rotatable bonds is 6. The summed E-state index contributed by atoms with van der Waals surface area (Å²) in [6.45, 7) is 2.21. The van der Waals surface area contributed by atoms with Gasteiger partial charge in [0.15, 0.2) is 0 Å². The summed E-state index contributed by atoms with van der Waals surface area (Å²) >= 11 is 0. The molecule has 0 heterocycles. The molecule has 0 aliphatic heterocycles. The van der Waals surface area contributed by atoms with Crippen LogP contribution >= 0.6 is 0 Å². The second kappa shape index (κ2) is 8.10. The maximum Gasteiger partial charge on any atom is 0.337 e. The molecule has 5 heteroatoms. The minimum Gasteiger partial charge on any atom is -0.465 e. The zero-order chi connectivity index (χ0) is 16.7. The quantitative estimate of drug-likeness (QED) is 0.805. The highest BCUT2D eigenvalue weighted by atomic mass is 16.5. The Bertz CT molecular complexity index is 654. The Morgan fingerprint density at radius 2 is 1.70 bits per heavy atom. The van der Waals surface area contributed by atoms with Crippen molar-refractivity contribution >= 4 is 17.6 Å². The predicted molar refractivity (Wildman–Crippen MR) is 89.3 cm³/mol. The van der Waals surface area contributed by atoms with Gasteiger partial charge in [-0.2, -0.15) is 0 Å². The Morgan fingerprint density at radius 1 is 1.04 bits per heavy atom. The third kappa shape index (κ3) is 4.93. The smallest absolute Gasteiger partial charge is 0.337 e. The highest BCUT2D eigenvalue weighted by molar-refractivity contribution is 5.93. The summed E-state index contributed by atoms with van der Waals surface area (Å²) in [4.78, 5) is 23.3. The maximum absolute atomic E-state index is 12.0. The van der Waals surface area contributed by atoms with Crippen molar-refractivity contribution in [3.05, 3.63) is 65.7 Å². The molecule has 0 aliphatic rings. The number of nitrogens with one attached hydrogen (secondary N) is 2. The van der Waals surface area contributed by atoms with Crippen molar-refractivity contribution in [1.82, 2.24) is 5.32 Å². The van der Waals surface area contributed by atoms with Crippen molar-refractivity contribution < 1.29 is 14.3 Å². The topological polar surface area (TPSA) is 67.4 Å². The van der Waals surface area contributed by atoms with Crippen LogP contribution in [0.25, 0.3) is 0 Å². The number of benzene rings is 2. The van der Waals surface area contributed by atoms with Crippen LogP contribution in [0.3, 0.4) is 0 Å². The molecule has 2 N–H and O–H groups in total. The van der Waals surface area contributed by atoms with Gasteiger partial charge in [-0.05, 0) is 36.8 Å². The monoisotopic (exact) mass is 312 g/mol. The molecule has 0 aromatic heterocycles. The summed E-state index contributed by atoms with van der Waals surface area (Å²) in [7, 11) is 1.33. The highest BCUT2D eigenvalue weighted by Crippen LogP contribution is 2.12. The van der Waals surface area contributed by atoms with E-state index in [1.807, 2.05) is 37.3 Å². The first-order chi connectivity index (χ1) is 11.1. The van der Waals surface area contributed by atoms with E-state index >= 15 is 0 Å². The molecule has 0 saturated heterocycles. The number of carbonyl (C=O) groups is 2. The molecule has 0 aliphatic carbocycles. The van der Waals surface area contributed by atoms with Crippen LogP contribution in [-0.2, 0) is 9.53 Å². The van der Waals surface area contributed by atoms with Crippen molar-refractivity contribution in [1.29, 1.82) is 0 Å². The second-order valence-electron chi connectivity index (χ2n) is 5.13. The largest absolute Gasteiger partial charge is 0.465 e. The van der Waals surface area contributed by atoms with Gasteiger partial charge in [-0.1, -0.05) is 30.3 Å². The van der Waals surface area contributed by atoms with Crippen molar-refractivity contribution in [2.24, 2.45) is 0 Å². The van der Waals surface area contributed by atoms with Gasteiger partial charge in [0.2, 0.25) is 5.91 Å². The van der Waals surface area contributed by atoms with E-state index in [9.17, 15) is 9.59 Å². The molecule has 1 atom stereocenters. The minimum absolute atomic E-state index is 0.0867. The number of carbonyl (C=O) groups excluding carboxylic acids is 2. The van der Waals surface area contributed by atoms with E-state index < -0.39 is 5.97 Å². The van der Waals surface area contributed by atoms with Gasteiger partial charge in [-0.15, -0.1) is 0 Å².